The molecule has 0 spiro atoms. The van der Waals surface area contributed by atoms with Crippen LogP contribution in [0.15, 0.2) is 48.5 Å². The van der Waals surface area contributed by atoms with E-state index in [1.165, 1.54) is 11.6 Å². The number of anilines is 1. The van der Waals surface area contributed by atoms with E-state index in [2.05, 4.69) is 22.3 Å². The predicted molar refractivity (Wildman–Crippen MR) is 84.3 cm³/mol. The van der Waals surface area contributed by atoms with Gasteiger partial charge >= 0.3 is 0 Å². The zero-order valence-corrected chi connectivity index (χ0v) is 12.2. The quantitative estimate of drug-likeness (QED) is 0.653. The van der Waals surface area contributed by atoms with Gasteiger partial charge in [0.1, 0.15) is 0 Å². The largest absolute Gasteiger partial charge is 0.381 e. The number of nitrogens with zero attached hydrogens (tertiary/aromatic N) is 2. The molecule has 0 bridgehead atoms. The molecule has 0 heterocycles. The van der Waals surface area contributed by atoms with Gasteiger partial charge in [-0.3, -0.25) is 10.1 Å². The zero-order valence-electron chi connectivity index (χ0n) is 12.2. The SMILES string of the molecule is CN(C)Cc1ccc(NCc2cccc([N+](=O)[O-])c2)cc1. The monoisotopic (exact) mass is 285 g/mol. The summed E-state index contributed by atoms with van der Waals surface area (Å²) in [6, 6.07) is 14.9. The molecule has 5 nitrogen and oxygen atoms in total. The Bertz CT molecular complexity index is 609. The molecule has 0 saturated carbocycles. The Labute approximate surface area is 124 Å². The van der Waals surface area contributed by atoms with Crippen molar-refractivity contribution in [3.05, 3.63) is 69.8 Å². The number of hydrogen-bond donors (Lipinski definition) is 1. The zero-order chi connectivity index (χ0) is 15.2. The molecule has 0 saturated heterocycles. The van der Waals surface area contributed by atoms with Crippen molar-refractivity contribution in [2.75, 3.05) is 19.4 Å². The summed E-state index contributed by atoms with van der Waals surface area (Å²) in [5.74, 6) is 0. The van der Waals surface area contributed by atoms with Gasteiger partial charge < -0.3 is 10.2 Å². The molecule has 0 aromatic heterocycles. The lowest BCUT2D eigenvalue weighted by Crippen LogP contribution is -2.10. The maximum absolute atomic E-state index is 10.7. The van der Waals surface area contributed by atoms with Gasteiger partial charge in [0, 0.05) is 30.9 Å². The van der Waals surface area contributed by atoms with Gasteiger partial charge in [0.25, 0.3) is 5.69 Å². The molecule has 0 aliphatic carbocycles. The van der Waals surface area contributed by atoms with Crippen molar-refractivity contribution in [2.45, 2.75) is 13.1 Å². The first-order valence-corrected chi connectivity index (χ1v) is 6.75. The van der Waals surface area contributed by atoms with Crippen LogP contribution in [0.3, 0.4) is 0 Å². The fourth-order valence-electron chi connectivity index (χ4n) is 2.08. The van der Waals surface area contributed by atoms with Crippen molar-refractivity contribution in [2.24, 2.45) is 0 Å². The molecule has 1 N–H and O–H groups in total. The molecule has 110 valence electrons. The van der Waals surface area contributed by atoms with Crippen LogP contribution in [0, 0.1) is 10.1 Å². The molecule has 0 amide bonds. The standard InChI is InChI=1S/C16H19N3O2/c1-18(2)12-13-6-8-15(9-7-13)17-11-14-4-3-5-16(10-14)19(20)21/h3-10,17H,11-12H2,1-2H3. The highest BCUT2D eigenvalue weighted by atomic mass is 16.6. The number of nitro benzene ring substituents is 1. The van der Waals surface area contributed by atoms with Crippen molar-refractivity contribution in [1.82, 2.24) is 4.90 Å². The smallest absolute Gasteiger partial charge is 0.269 e. The van der Waals surface area contributed by atoms with Crippen LogP contribution in [0.25, 0.3) is 0 Å². The molecule has 0 aliphatic rings. The van der Waals surface area contributed by atoms with Crippen LogP contribution in [-0.4, -0.2) is 23.9 Å². The van der Waals surface area contributed by atoms with Gasteiger partial charge in [-0.05, 0) is 37.4 Å². The van der Waals surface area contributed by atoms with Crippen LogP contribution in [-0.2, 0) is 13.1 Å². The van der Waals surface area contributed by atoms with Crippen LogP contribution in [0.1, 0.15) is 11.1 Å². The normalized spacial score (nSPS) is 10.6. The summed E-state index contributed by atoms with van der Waals surface area (Å²) in [6.07, 6.45) is 0. The van der Waals surface area contributed by atoms with E-state index >= 15 is 0 Å². The molecule has 2 aromatic carbocycles. The van der Waals surface area contributed by atoms with E-state index in [0.717, 1.165) is 17.8 Å². The summed E-state index contributed by atoms with van der Waals surface area (Å²) in [7, 11) is 4.07. The Hall–Kier alpha value is -2.40. The van der Waals surface area contributed by atoms with Gasteiger partial charge in [-0.1, -0.05) is 24.3 Å². The van der Waals surface area contributed by atoms with Gasteiger partial charge in [0.2, 0.25) is 0 Å². The first-order chi connectivity index (χ1) is 10.0. The number of benzene rings is 2. The first-order valence-electron chi connectivity index (χ1n) is 6.75. The Morgan fingerprint density at radius 1 is 1.10 bits per heavy atom. The van der Waals surface area contributed by atoms with E-state index in [0.29, 0.717) is 6.54 Å². The molecule has 0 radical (unpaired) electrons. The lowest BCUT2D eigenvalue weighted by molar-refractivity contribution is -0.384. The third-order valence-electron chi connectivity index (χ3n) is 3.07. The van der Waals surface area contributed by atoms with Crippen molar-refractivity contribution >= 4 is 11.4 Å². The van der Waals surface area contributed by atoms with E-state index in [1.54, 1.807) is 12.1 Å². The molecular formula is C16H19N3O2. The topological polar surface area (TPSA) is 58.4 Å². The lowest BCUT2D eigenvalue weighted by Gasteiger charge is -2.11. The summed E-state index contributed by atoms with van der Waals surface area (Å²) < 4.78 is 0. The second-order valence-corrected chi connectivity index (χ2v) is 5.22. The molecular weight excluding hydrogens is 266 g/mol. The van der Waals surface area contributed by atoms with Crippen molar-refractivity contribution in [3.8, 4) is 0 Å². The molecule has 21 heavy (non-hydrogen) atoms. The van der Waals surface area contributed by atoms with Crippen molar-refractivity contribution < 1.29 is 4.92 Å². The summed E-state index contributed by atoms with van der Waals surface area (Å²) in [5, 5.41) is 14.0. The third-order valence-corrected chi connectivity index (χ3v) is 3.07. The maximum Gasteiger partial charge on any atom is 0.269 e. The molecule has 5 heteroatoms. The van der Waals surface area contributed by atoms with Gasteiger partial charge in [-0.2, -0.15) is 0 Å². The fourth-order valence-corrected chi connectivity index (χ4v) is 2.08. The minimum atomic E-state index is -0.375. The number of hydrogen-bond acceptors (Lipinski definition) is 4. The van der Waals surface area contributed by atoms with Crippen LogP contribution in [0.2, 0.25) is 0 Å². The van der Waals surface area contributed by atoms with Gasteiger partial charge in [-0.25, -0.2) is 0 Å². The third kappa shape index (κ3) is 4.57. The van der Waals surface area contributed by atoms with E-state index in [4.69, 9.17) is 0 Å². The molecule has 2 rings (SSSR count). The Morgan fingerprint density at radius 3 is 2.43 bits per heavy atom. The highest BCUT2D eigenvalue weighted by Gasteiger charge is 2.05. The minimum Gasteiger partial charge on any atom is -0.381 e. The highest BCUT2D eigenvalue weighted by Crippen LogP contribution is 2.16. The van der Waals surface area contributed by atoms with E-state index < -0.39 is 0 Å². The fraction of sp³-hybridized carbons (Fsp3) is 0.250. The predicted octanol–water partition coefficient (Wildman–Crippen LogP) is 3.27. The number of non-ortho nitro benzene ring substituents is 1. The second kappa shape index (κ2) is 6.85. The van der Waals surface area contributed by atoms with Gasteiger partial charge in [-0.15, -0.1) is 0 Å². The van der Waals surface area contributed by atoms with Crippen molar-refractivity contribution in [1.29, 1.82) is 0 Å². The van der Waals surface area contributed by atoms with Gasteiger partial charge in [0.15, 0.2) is 0 Å². The Kier molecular flexibility index (Phi) is 4.90. The average molecular weight is 285 g/mol. The van der Waals surface area contributed by atoms with Crippen molar-refractivity contribution in [3.63, 3.8) is 0 Å². The summed E-state index contributed by atoms with van der Waals surface area (Å²) in [4.78, 5) is 12.5. The average Bonchev–Trinajstić information content (AvgIpc) is 2.46. The summed E-state index contributed by atoms with van der Waals surface area (Å²) >= 11 is 0. The van der Waals surface area contributed by atoms with E-state index in [-0.39, 0.29) is 10.6 Å². The van der Waals surface area contributed by atoms with E-state index in [9.17, 15) is 10.1 Å². The van der Waals surface area contributed by atoms with E-state index in [1.807, 2.05) is 32.3 Å². The number of rotatable bonds is 6. The summed E-state index contributed by atoms with van der Waals surface area (Å²) in [6.45, 7) is 1.47. The first kappa shape index (κ1) is 15.0. The number of nitrogens with one attached hydrogen (secondary N) is 1. The van der Waals surface area contributed by atoms with Crippen LogP contribution < -0.4 is 5.32 Å². The minimum absolute atomic E-state index is 0.121. The lowest BCUT2D eigenvalue weighted by atomic mass is 10.1. The Morgan fingerprint density at radius 2 is 1.81 bits per heavy atom. The molecule has 0 atom stereocenters. The molecule has 0 aliphatic heterocycles. The number of nitro groups is 1. The van der Waals surface area contributed by atoms with Crippen LogP contribution >= 0.6 is 0 Å². The van der Waals surface area contributed by atoms with Gasteiger partial charge in [0.05, 0.1) is 4.92 Å². The van der Waals surface area contributed by atoms with Crippen LogP contribution in [0.4, 0.5) is 11.4 Å². The second-order valence-electron chi connectivity index (χ2n) is 5.22. The highest BCUT2D eigenvalue weighted by molar-refractivity contribution is 5.46. The molecule has 0 unspecified atom stereocenters. The summed E-state index contributed by atoms with van der Waals surface area (Å²) in [5.41, 5.74) is 3.27. The maximum atomic E-state index is 10.7. The Balaban J connectivity index is 1.96. The molecule has 0 fully saturated rings. The van der Waals surface area contributed by atoms with Crippen LogP contribution in [0.5, 0.6) is 0 Å². The molecule has 2 aromatic rings.